The van der Waals surface area contributed by atoms with Crippen molar-refractivity contribution in [2.45, 2.75) is 51.7 Å². The molecule has 0 saturated carbocycles. The Labute approximate surface area is 184 Å². The van der Waals surface area contributed by atoms with Gasteiger partial charge in [0.1, 0.15) is 5.75 Å². The molecular weight excluding hydrogens is 424 g/mol. The molecule has 164 valence electrons. The fraction of sp³-hybridized carbons (Fsp3) is 0.409. The Morgan fingerprint density at radius 3 is 2.23 bits per heavy atom. The van der Waals surface area contributed by atoms with Crippen molar-refractivity contribution in [2.24, 2.45) is 0 Å². The van der Waals surface area contributed by atoms with Crippen LogP contribution >= 0.6 is 11.6 Å². The summed E-state index contributed by atoms with van der Waals surface area (Å²) < 4.78 is 32.3. The quantitative estimate of drug-likeness (QED) is 0.614. The van der Waals surface area contributed by atoms with Crippen molar-refractivity contribution >= 4 is 27.5 Å². The van der Waals surface area contributed by atoms with Crippen LogP contribution < -0.4 is 10.1 Å². The van der Waals surface area contributed by atoms with Crippen LogP contribution in [0.3, 0.4) is 0 Å². The molecular formula is C22H29ClN2O4S. The third-order valence-electron chi connectivity index (χ3n) is 4.89. The first-order valence-electron chi connectivity index (χ1n) is 9.93. The zero-order chi connectivity index (χ0) is 22.5. The lowest BCUT2D eigenvalue weighted by Gasteiger charge is -2.21. The van der Waals surface area contributed by atoms with Gasteiger partial charge in [0, 0.05) is 18.1 Å². The third kappa shape index (κ3) is 5.74. The van der Waals surface area contributed by atoms with E-state index in [2.05, 4.69) is 5.32 Å². The minimum absolute atomic E-state index is 0.239. The van der Waals surface area contributed by atoms with Crippen molar-refractivity contribution in [3.63, 3.8) is 0 Å². The lowest BCUT2D eigenvalue weighted by atomic mass is 10.1. The number of hydrogen-bond donors (Lipinski definition) is 1. The minimum Gasteiger partial charge on any atom is -0.481 e. The molecule has 2 aromatic carbocycles. The van der Waals surface area contributed by atoms with Gasteiger partial charge >= 0.3 is 0 Å². The van der Waals surface area contributed by atoms with Gasteiger partial charge in [-0.1, -0.05) is 37.6 Å². The standard InChI is InChI=1S/C22H29ClN2O4S/c1-6-25(7-2)30(27,28)20-11-8-18(9-12-20)16(4)24-22(26)17(5)29-19-10-13-21(23)15(3)14-19/h8-14,16-17H,6-7H2,1-5H3,(H,24,26). The molecule has 6 nitrogen and oxygen atoms in total. The maximum atomic E-state index is 12.6. The van der Waals surface area contributed by atoms with Crippen LogP contribution in [0, 0.1) is 6.92 Å². The molecule has 0 aromatic heterocycles. The predicted molar refractivity (Wildman–Crippen MR) is 119 cm³/mol. The van der Waals surface area contributed by atoms with Crippen molar-refractivity contribution < 1.29 is 17.9 Å². The summed E-state index contributed by atoms with van der Waals surface area (Å²) in [6.45, 7) is 9.82. The Morgan fingerprint density at radius 2 is 1.70 bits per heavy atom. The Kier molecular flexibility index (Phi) is 8.29. The number of rotatable bonds is 9. The first-order valence-corrected chi connectivity index (χ1v) is 11.7. The number of halogens is 1. The summed E-state index contributed by atoms with van der Waals surface area (Å²) in [4.78, 5) is 12.8. The molecule has 0 fully saturated rings. The first-order chi connectivity index (χ1) is 14.1. The van der Waals surface area contributed by atoms with Crippen LogP contribution in [0.15, 0.2) is 47.4 Å². The van der Waals surface area contributed by atoms with Gasteiger partial charge in [-0.3, -0.25) is 4.79 Å². The Morgan fingerprint density at radius 1 is 1.10 bits per heavy atom. The van der Waals surface area contributed by atoms with Crippen LogP contribution in [0.5, 0.6) is 5.75 Å². The van der Waals surface area contributed by atoms with Crippen molar-refractivity contribution in [2.75, 3.05) is 13.1 Å². The second kappa shape index (κ2) is 10.3. The van der Waals surface area contributed by atoms with Gasteiger partial charge in [-0.25, -0.2) is 8.42 Å². The maximum Gasteiger partial charge on any atom is 0.261 e. The Hall–Kier alpha value is -2.09. The van der Waals surface area contributed by atoms with Crippen LogP contribution in [0.4, 0.5) is 0 Å². The van der Waals surface area contributed by atoms with E-state index in [1.165, 1.54) is 4.31 Å². The average molecular weight is 453 g/mol. The summed E-state index contributed by atoms with van der Waals surface area (Å²) in [6.07, 6.45) is -0.699. The van der Waals surface area contributed by atoms with Crippen LogP contribution in [-0.4, -0.2) is 37.8 Å². The van der Waals surface area contributed by atoms with E-state index in [0.29, 0.717) is 23.9 Å². The second-order valence-corrected chi connectivity index (χ2v) is 9.40. The molecule has 2 atom stereocenters. The van der Waals surface area contributed by atoms with Gasteiger partial charge in [-0.15, -0.1) is 0 Å². The van der Waals surface area contributed by atoms with Crippen LogP contribution in [-0.2, 0) is 14.8 Å². The first kappa shape index (κ1) is 24.2. The van der Waals surface area contributed by atoms with E-state index in [1.807, 2.05) is 27.7 Å². The molecule has 0 spiro atoms. The number of sulfonamides is 1. The summed E-state index contributed by atoms with van der Waals surface area (Å²) in [6, 6.07) is 11.5. The topological polar surface area (TPSA) is 75.7 Å². The SMILES string of the molecule is CCN(CC)S(=O)(=O)c1ccc(C(C)NC(=O)C(C)Oc2ccc(Cl)c(C)c2)cc1. The molecule has 8 heteroatoms. The van der Waals surface area contributed by atoms with Crippen LogP contribution in [0.25, 0.3) is 0 Å². The molecule has 0 bridgehead atoms. The fourth-order valence-corrected chi connectivity index (χ4v) is 4.58. The van der Waals surface area contributed by atoms with Gasteiger partial charge in [-0.05, 0) is 62.2 Å². The van der Waals surface area contributed by atoms with E-state index in [1.54, 1.807) is 49.4 Å². The van der Waals surface area contributed by atoms with E-state index >= 15 is 0 Å². The van der Waals surface area contributed by atoms with Crippen molar-refractivity contribution in [1.82, 2.24) is 9.62 Å². The molecule has 0 heterocycles. The summed E-state index contributed by atoms with van der Waals surface area (Å²) in [5.41, 5.74) is 1.67. The third-order valence-corrected chi connectivity index (χ3v) is 7.38. The zero-order valence-electron chi connectivity index (χ0n) is 18.0. The number of nitrogens with zero attached hydrogens (tertiary/aromatic N) is 1. The second-order valence-electron chi connectivity index (χ2n) is 7.06. The van der Waals surface area contributed by atoms with E-state index in [9.17, 15) is 13.2 Å². The van der Waals surface area contributed by atoms with Gasteiger partial charge in [0.05, 0.1) is 10.9 Å². The number of hydrogen-bond acceptors (Lipinski definition) is 4. The van der Waals surface area contributed by atoms with Gasteiger partial charge in [0.15, 0.2) is 6.10 Å². The molecule has 30 heavy (non-hydrogen) atoms. The summed E-state index contributed by atoms with van der Waals surface area (Å²) in [7, 11) is -3.50. The Balaban J connectivity index is 2.03. The summed E-state index contributed by atoms with van der Waals surface area (Å²) >= 11 is 6.01. The van der Waals surface area contributed by atoms with Gasteiger partial charge in [0.2, 0.25) is 10.0 Å². The number of ether oxygens (including phenoxy) is 1. The minimum atomic E-state index is -3.50. The molecule has 0 aliphatic heterocycles. The predicted octanol–water partition coefficient (Wildman–Crippen LogP) is 4.32. The number of nitrogens with one attached hydrogen (secondary N) is 1. The number of benzene rings is 2. The molecule has 0 radical (unpaired) electrons. The molecule has 1 N–H and O–H groups in total. The lowest BCUT2D eigenvalue weighted by molar-refractivity contribution is -0.127. The highest BCUT2D eigenvalue weighted by atomic mass is 35.5. The largest absolute Gasteiger partial charge is 0.481 e. The number of aryl methyl sites for hydroxylation is 1. The number of carbonyl (C=O) groups excluding carboxylic acids is 1. The van der Waals surface area contributed by atoms with E-state index < -0.39 is 16.1 Å². The van der Waals surface area contributed by atoms with Gasteiger partial charge in [0.25, 0.3) is 5.91 Å². The monoisotopic (exact) mass is 452 g/mol. The van der Waals surface area contributed by atoms with Crippen LogP contribution in [0.2, 0.25) is 5.02 Å². The average Bonchev–Trinajstić information content (AvgIpc) is 2.71. The lowest BCUT2D eigenvalue weighted by Crippen LogP contribution is -2.37. The van der Waals surface area contributed by atoms with Crippen molar-refractivity contribution in [3.8, 4) is 5.75 Å². The maximum absolute atomic E-state index is 12.6. The number of amides is 1. The Bertz CT molecular complexity index is 973. The van der Waals surface area contributed by atoms with Gasteiger partial charge in [-0.2, -0.15) is 4.31 Å². The van der Waals surface area contributed by atoms with Crippen LogP contribution in [0.1, 0.15) is 44.9 Å². The molecule has 2 rings (SSSR count). The van der Waals surface area contributed by atoms with Crippen molar-refractivity contribution in [1.29, 1.82) is 0 Å². The normalized spacial score (nSPS) is 13.7. The molecule has 2 aromatic rings. The highest BCUT2D eigenvalue weighted by molar-refractivity contribution is 7.89. The summed E-state index contributed by atoms with van der Waals surface area (Å²) in [5, 5.41) is 3.53. The molecule has 0 aliphatic rings. The molecule has 2 unspecified atom stereocenters. The molecule has 1 amide bonds. The molecule has 0 saturated heterocycles. The summed E-state index contributed by atoms with van der Waals surface area (Å²) in [5.74, 6) is 0.299. The van der Waals surface area contributed by atoms with E-state index in [4.69, 9.17) is 16.3 Å². The molecule has 0 aliphatic carbocycles. The highest BCUT2D eigenvalue weighted by Crippen LogP contribution is 2.23. The van der Waals surface area contributed by atoms with Crippen molar-refractivity contribution in [3.05, 3.63) is 58.6 Å². The fourth-order valence-electron chi connectivity index (χ4n) is 3.00. The number of carbonyl (C=O) groups is 1. The van der Waals surface area contributed by atoms with E-state index in [-0.39, 0.29) is 16.8 Å². The smallest absolute Gasteiger partial charge is 0.261 e. The highest BCUT2D eigenvalue weighted by Gasteiger charge is 2.22. The zero-order valence-corrected chi connectivity index (χ0v) is 19.5. The van der Waals surface area contributed by atoms with E-state index in [0.717, 1.165) is 11.1 Å². The van der Waals surface area contributed by atoms with Gasteiger partial charge < -0.3 is 10.1 Å².